The van der Waals surface area contributed by atoms with Gasteiger partial charge in [-0.1, -0.05) is 19.3 Å². The minimum absolute atomic E-state index is 0.0542. The first kappa shape index (κ1) is 14.3. The summed E-state index contributed by atoms with van der Waals surface area (Å²) in [6.07, 6.45) is 4.99. The van der Waals surface area contributed by atoms with Crippen LogP contribution < -0.4 is 0 Å². The van der Waals surface area contributed by atoms with Gasteiger partial charge in [-0.05, 0) is 38.7 Å². The van der Waals surface area contributed by atoms with E-state index < -0.39 is 6.10 Å². The number of aliphatic hydroxyl groups is 1. The fraction of sp³-hybridized carbons (Fsp3) is 0.733. The Morgan fingerprint density at radius 2 is 2.16 bits per heavy atom. The maximum absolute atomic E-state index is 12.2. The number of aromatic nitrogens is 2. The van der Waals surface area contributed by atoms with Gasteiger partial charge in [0.25, 0.3) is 0 Å². The molecule has 1 fully saturated rings. The lowest BCUT2D eigenvalue weighted by atomic mass is 9.83. The Labute approximate surface area is 114 Å². The van der Waals surface area contributed by atoms with Crippen LogP contribution in [0.5, 0.6) is 0 Å². The van der Waals surface area contributed by atoms with E-state index in [2.05, 4.69) is 5.10 Å². The minimum Gasteiger partial charge on any atom is -0.385 e. The lowest BCUT2D eigenvalue weighted by molar-refractivity contribution is -0.129. The molecule has 0 radical (unpaired) electrons. The van der Waals surface area contributed by atoms with Crippen molar-refractivity contribution in [1.29, 1.82) is 0 Å². The number of nitrogens with zero attached hydrogens (tertiary/aromatic N) is 2. The quantitative estimate of drug-likeness (QED) is 0.887. The summed E-state index contributed by atoms with van der Waals surface area (Å²) in [4.78, 5) is 12.2. The molecule has 0 bridgehead atoms. The van der Waals surface area contributed by atoms with Gasteiger partial charge in [-0.2, -0.15) is 5.10 Å². The van der Waals surface area contributed by atoms with Crippen molar-refractivity contribution in [2.24, 2.45) is 5.92 Å². The van der Waals surface area contributed by atoms with Crippen LogP contribution in [0.2, 0.25) is 0 Å². The topological polar surface area (TPSA) is 55.1 Å². The van der Waals surface area contributed by atoms with Gasteiger partial charge in [-0.3, -0.25) is 9.48 Å². The highest BCUT2D eigenvalue weighted by Crippen LogP contribution is 2.27. The van der Waals surface area contributed by atoms with Gasteiger partial charge in [-0.15, -0.1) is 0 Å². The highest BCUT2D eigenvalue weighted by atomic mass is 16.3. The SMILES string of the molecule is CCn1nc(C)cc1CC(=O)C(O)C1CCCCC1. The third kappa shape index (κ3) is 3.44. The van der Waals surface area contributed by atoms with Crippen molar-refractivity contribution in [3.05, 3.63) is 17.5 Å². The fourth-order valence-corrected chi connectivity index (χ4v) is 3.01. The normalized spacial score (nSPS) is 18.5. The molecule has 19 heavy (non-hydrogen) atoms. The Morgan fingerprint density at radius 3 is 2.79 bits per heavy atom. The summed E-state index contributed by atoms with van der Waals surface area (Å²) in [6.45, 7) is 4.70. The van der Waals surface area contributed by atoms with Crippen LogP contribution in [-0.4, -0.2) is 26.8 Å². The standard InChI is InChI=1S/C15H24N2O2/c1-3-17-13(9-11(2)16-17)10-14(18)15(19)12-7-5-4-6-8-12/h9,12,15,19H,3-8,10H2,1-2H3. The van der Waals surface area contributed by atoms with E-state index in [1.807, 2.05) is 24.6 Å². The van der Waals surface area contributed by atoms with E-state index in [0.29, 0.717) is 6.42 Å². The largest absolute Gasteiger partial charge is 0.385 e. The number of aliphatic hydroxyl groups excluding tert-OH is 1. The first-order valence-electron chi connectivity index (χ1n) is 7.36. The first-order valence-corrected chi connectivity index (χ1v) is 7.36. The molecule has 4 heteroatoms. The average molecular weight is 264 g/mol. The lowest BCUT2D eigenvalue weighted by Gasteiger charge is -2.25. The Kier molecular flexibility index (Phi) is 4.75. The fourth-order valence-electron chi connectivity index (χ4n) is 3.01. The van der Waals surface area contributed by atoms with Crippen molar-refractivity contribution in [1.82, 2.24) is 9.78 Å². The molecule has 1 unspecified atom stereocenters. The van der Waals surface area contributed by atoms with Gasteiger partial charge >= 0.3 is 0 Å². The van der Waals surface area contributed by atoms with E-state index in [-0.39, 0.29) is 11.7 Å². The lowest BCUT2D eigenvalue weighted by Crippen LogP contribution is -2.32. The zero-order valence-electron chi connectivity index (χ0n) is 11.9. The van der Waals surface area contributed by atoms with E-state index in [4.69, 9.17) is 0 Å². The second-order valence-electron chi connectivity index (χ2n) is 5.58. The third-order valence-electron chi connectivity index (χ3n) is 4.07. The molecule has 0 aliphatic heterocycles. The average Bonchev–Trinajstić information content (AvgIpc) is 2.78. The molecule has 0 spiro atoms. The zero-order valence-corrected chi connectivity index (χ0v) is 11.9. The molecule has 1 heterocycles. The van der Waals surface area contributed by atoms with Crippen molar-refractivity contribution in [2.75, 3.05) is 0 Å². The van der Waals surface area contributed by atoms with Gasteiger partial charge in [0.2, 0.25) is 0 Å². The Balaban J connectivity index is 1.99. The van der Waals surface area contributed by atoms with E-state index in [1.54, 1.807) is 0 Å². The van der Waals surface area contributed by atoms with Crippen molar-refractivity contribution >= 4 is 5.78 Å². The van der Waals surface area contributed by atoms with Crippen molar-refractivity contribution in [2.45, 2.75) is 65.0 Å². The Hall–Kier alpha value is -1.16. The number of carbonyl (C=O) groups excluding carboxylic acids is 1. The molecule has 1 aromatic rings. The summed E-state index contributed by atoms with van der Waals surface area (Å²) in [7, 11) is 0. The molecule has 0 amide bonds. The highest BCUT2D eigenvalue weighted by Gasteiger charge is 2.27. The van der Waals surface area contributed by atoms with Crippen LogP contribution in [0, 0.1) is 12.8 Å². The van der Waals surface area contributed by atoms with Crippen LogP contribution >= 0.6 is 0 Å². The van der Waals surface area contributed by atoms with Gasteiger partial charge in [0.15, 0.2) is 5.78 Å². The molecule has 1 aromatic heterocycles. The van der Waals surface area contributed by atoms with E-state index in [1.165, 1.54) is 6.42 Å². The molecular weight excluding hydrogens is 240 g/mol. The van der Waals surface area contributed by atoms with Crippen LogP contribution in [0.25, 0.3) is 0 Å². The smallest absolute Gasteiger partial charge is 0.167 e. The predicted octanol–water partition coefficient (Wildman–Crippen LogP) is 2.26. The first-order chi connectivity index (χ1) is 9.11. The summed E-state index contributed by atoms with van der Waals surface area (Å²) in [5.74, 6) is 0.113. The van der Waals surface area contributed by atoms with Crippen molar-refractivity contribution < 1.29 is 9.90 Å². The van der Waals surface area contributed by atoms with Crippen LogP contribution in [-0.2, 0) is 17.8 Å². The number of hydrogen-bond acceptors (Lipinski definition) is 3. The second-order valence-corrected chi connectivity index (χ2v) is 5.58. The number of rotatable bonds is 5. The van der Waals surface area contributed by atoms with Gasteiger partial charge in [0.05, 0.1) is 12.1 Å². The summed E-state index contributed by atoms with van der Waals surface area (Å²) in [5.41, 5.74) is 1.84. The molecule has 1 aliphatic carbocycles. The second kappa shape index (κ2) is 6.33. The molecule has 0 saturated heterocycles. The van der Waals surface area contributed by atoms with Gasteiger partial charge in [-0.25, -0.2) is 0 Å². The summed E-state index contributed by atoms with van der Waals surface area (Å²) in [5, 5.41) is 14.5. The highest BCUT2D eigenvalue weighted by molar-refractivity contribution is 5.85. The van der Waals surface area contributed by atoms with Crippen LogP contribution in [0.4, 0.5) is 0 Å². The van der Waals surface area contributed by atoms with Gasteiger partial charge in [0, 0.05) is 12.2 Å². The molecule has 1 aliphatic rings. The molecule has 106 valence electrons. The zero-order chi connectivity index (χ0) is 13.8. The van der Waals surface area contributed by atoms with E-state index >= 15 is 0 Å². The number of Topliss-reactive ketones (excluding diaryl/α,β-unsaturated/α-hetero) is 1. The Morgan fingerprint density at radius 1 is 1.47 bits per heavy atom. The van der Waals surface area contributed by atoms with Crippen molar-refractivity contribution in [3.8, 4) is 0 Å². The number of aryl methyl sites for hydroxylation is 2. The molecule has 1 N–H and O–H groups in total. The molecule has 1 saturated carbocycles. The van der Waals surface area contributed by atoms with Crippen LogP contribution in [0.3, 0.4) is 0 Å². The third-order valence-corrected chi connectivity index (χ3v) is 4.07. The van der Waals surface area contributed by atoms with Gasteiger partial charge < -0.3 is 5.11 Å². The number of ketones is 1. The maximum atomic E-state index is 12.2. The van der Waals surface area contributed by atoms with Gasteiger partial charge in [0.1, 0.15) is 6.10 Å². The van der Waals surface area contributed by atoms with E-state index in [0.717, 1.165) is 43.6 Å². The number of carbonyl (C=O) groups is 1. The van der Waals surface area contributed by atoms with Crippen LogP contribution in [0.1, 0.15) is 50.4 Å². The van der Waals surface area contributed by atoms with Crippen molar-refractivity contribution in [3.63, 3.8) is 0 Å². The molecule has 0 aromatic carbocycles. The minimum atomic E-state index is -0.791. The number of hydrogen-bond donors (Lipinski definition) is 1. The van der Waals surface area contributed by atoms with E-state index in [9.17, 15) is 9.90 Å². The monoisotopic (exact) mass is 264 g/mol. The predicted molar refractivity (Wildman–Crippen MR) is 73.9 cm³/mol. The maximum Gasteiger partial charge on any atom is 0.167 e. The summed E-state index contributed by atoms with van der Waals surface area (Å²) >= 11 is 0. The molecule has 2 rings (SSSR count). The summed E-state index contributed by atoms with van der Waals surface area (Å²) in [6, 6.07) is 1.94. The Bertz CT molecular complexity index is 433. The molecule has 4 nitrogen and oxygen atoms in total. The molecular formula is C15H24N2O2. The summed E-state index contributed by atoms with van der Waals surface area (Å²) < 4.78 is 1.85. The van der Waals surface area contributed by atoms with Crippen LogP contribution in [0.15, 0.2) is 6.07 Å². The molecule has 1 atom stereocenters.